The molecule has 0 amide bonds. The number of fused-ring (bicyclic) bond motifs is 1. The first-order chi connectivity index (χ1) is 11.7. The predicted molar refractivity (Wildman–Crippen MR) is 87.2 cm³/mol. The Hall–Kier alpha value is -2.83. The van der Waals surface area contributed by atoms with Crippen LogP contribution in [-0.4, -0.2) is 34.8 Å². The zero-order valence-corrected chi connectivity index (χ0v) is 13.6. The van der Waals surface area contributed by atoms with Gasteiger partial charge in [0.05, 0.1) is 14.2 Å². The summed E-state index contributed by atoms with van der Waals surface area (Å²) in [6, 6.07) is 5.27. The van der Waals surface area contributed by atoms with Gasteiger partial charge in [-0.3, -0.25) is 4.79 Å². The Morgan fingerprint density at radius 2 is 2.12 bits per heavy atom. The van der Waals surface area contributed by atoms with E-state index >= 15 is 0 Å². The number of hydrogen-bond acceptors (Lipinski definition) is 6. The van der Waals surface area contributed by atoms with Gasteiger partial charge in [0.2, 0.25) is 5.95 Å². The van der Waals surface area contributed by atoms with E-state index in [1.807, 2.05) is 18.2 Å². The standard InChI is InChI=1S/C17H18N4O3/c1-23-10-6-7-11(14(8-10)24-2)16-15-12(4-3-5-13(15)22)20-17-18-9-19-21(16)17/h6-9,16H,3-5H2,1-2H3,(H,18,19,20)/t16-/m1/s1. The molecule has 0 spiro atoms. The number of Topliss-reactive ketones (excluding diaryl/α,β-unsaturated/α-hetero) is 1. The maximum atomic E-state index is 12.6. The maximum Gasteiger partial charge on any atom is 0.226 e. The van der Waals surface area contributed by atoms with E-state index in [0.717, 1.165) is 29.7 Å². The number of allylic oxidation sites excluding steroid dienone is 2. The van der Waals surface area contributed by atoms with E-state index in [4.69, 9.17) is 9.47 Å². The lowest BCUT2D eigenvalue weighted by atomic mass is 9.85. The zero-order valence-electron chi connectivity index (χ0n) is 13.6. The molecule has 0 saturated heterocycles. The largest absolute Gasteiger partial charge is 0.497 e. The third-order valence-electron chi connectivity index (χ3n) is 4.55. The lowest BCUT2D eigenvalue weighted by molar-refractivity contribution is -0.116. The minimum Gasteiger partial charge on any atom is -0.497 e. The Kier molecular flexibility index (Phi) is 3.48. The Balaban J connectivity index is 1.92. The first-order valence-corrected chi connectivity index (χ1v) is 7.87. The summed E-state index contributed by atoms with van der Waals surface area (Å²) in [5.74, 6) is 2.15. The van der Waals surface area contributed by atoms with E-state index in [1.54, 1.807) is 18.9 Å². The van der Waals surface area contributed by atoms with Gasteiger partial charge >= 0.3 is 0 Å². The molecule has 2 heterocycles. The van der Waals surface area contributed by atoms with E-state index < -0.39 is 0 Å². The number of nitrogens with one attached hydrogen (secondary N) is 1. The fraction of sp³-hybridized carbons (Fsp3) is 0.353. The van der Waals surface area contributed by atoms with Crippen molar-refractivity contribution >= 4 is 11.7 Å². The van der Waals surface area contributed by atoms with Crippen LogP contribution in [0.5, 0.6) is 11.5 Å². The van der Waals surface area contributed by atoms with Gasteiger partial charge in [-0.05, 0) is 25.0 Å². The number of carbonyl (C=O) groups excluding carboxylic acids is 1. The summed E-state index contributed by atoms with van der Waals surface area (Å²) in [4.78, 5) is 16.9. The van der Waals surface area contributed by atoms with Crippen LogP contribution >= 0.6 is 0 Å². The molecule has 1 aliphatic heterocycles. The van der Waals surface area contributed by atoms with Crippen LogP contribution in [0.1, 0.15) is 30.9 Å². The van der Waals surface area contributed by atoms with Crippen LogP contribution in [0.25, 0.3) is 0 Å². The van der Waals surface area contributed by atoms with Gasteiger partial charge in [0, 0.05) is 29.3 Å². The molecule has 124 valence electrons. The molecule has 1 aromatic carbocycles. The van der Waals surface area contributed by atoms with Gasteiger partial charge in [-0.2, -0.15) is 10.1 Å². The Bertz CT molecular complexity index is 840. The number of rotatable bonds is 3. The predicted octanol–water partition coefficient (Wildman–Crippen LogP) is 2.32. The monoisotopic (exact) mass is 326 g/mol. The average molecular weight is 326 g/mol. The van der Waals surface area contributed by atoms with Crippen molar-refractivity contribution in [2.45, 2.75) is 25.3 Å². The molecule has 0 unspecified atom stereocenters. The highest BCUT2D eigenvalue weighted by Gasteiger charge is 2.37. The molecule has 24 heavy (non-hydrogen) atoms. The molecule has 1 N–H and O–H groups in total. The van der Waals surface area contributed by atoms with Crippen molar-refractivity contribution in [3.63, 3.8) is 0 Å². The molecule has 2 aromatic rings. The second kappa shape index (κ2) is 5.67. The molecule has 0 fully saturated rings. The number of methoxy groups -OCH3 is 2. The molecule has 1 aromatic heterocycles. The van der Waals surface area contributed by atoms with Crippen molar-refractivity contribution in [2.75, 3.05) is 19.5 Å². The minimum absolute atomic E-state index is 0.146. The second-order valence-electron chi connectivity index (χ2n) is 5.83. The Morgan fingerprint density at radius 3 is 2.92 bits per heavy atom. The summed E-state index contributed by atoms with van der Waals surface area (Å²) >= 11 is 0. The van der Waals surface area contributed by atoms with Gasteiger partial charge < -0.3 is 14.8 Å². The molecule has 2 aliphatic rings. The van der Waals surface area contributed by atoms with E-state index in [-0.39, 0.29) is 11.8 Å². The molecular weight excluding hydrogens is 308 g/mol. The van der Waals surface area contributed by atoms with Gasteiger partial charge in [-0.1, -0.05) is 0 Å². The topological polar surface area (TPSA) is 78.3 Å². The minimum atomic E-state index is -0.340. The van der Waals surface area contributed by atoms with Crippen LogP contribution in [0.2, 0.25) is 0 Å². The van der Waals surface area contributed by atoms with Gasteiger partial charge in [-0.15, -0.1) is 0 Å². The summed E-state index contributed by atoms with van der Waals surface area (Å²) in [6.45, 7) is 0. The Morgan fingerprint density at radius 1 is 1.25 bits per heavy atom. The van der Waals surface area contributed by atoms with E-state index in [2.05, 4.69) is 15.4 Å². The van der Waals surface area contributed by atoms with Crippen molar-refractivity contribution in [3.05, 3.63) is 41.4 Å². The van der Waals surface area contributed by atoms with Gasteiger partial charge in [0.15, 0.2) is 5.78 Å². The number of carbonyl (C=O) groups is 1. The summed E-state index contributed by atoms with van der Waals surface area (Å²) in [5, 5.41) is 7.58. The van der Waals surface area contributed by atoms with Gasteiger partial charge in [-0.25, -0.2) is 4.68 Å². The number of anilines is 1. The molecule has 7 heteroatoms. The summed E-state index contributed by atoms with van der Waals surface area (Å²) in [5.41, 5.74) is 2.56. The molecule has 7 nitrogen and oxygen atoms in total. The highest BCUT2D eigenvalue weighted by molar-refractivity contribution is 5.99. The van der Waals surface area contributed by atoms with Crippen LogP contribution < -0.4 is 14.8 Å². The second-order valence-corrected chi connectivity index (χ2v) is 5.83. The average Bonchev–Trinajstić information content (AvgIpc) is 3.07. The van der Waals surface area contributed by atoms with Crippen LogP contribution in [0, 0.1) is 0 Å². The third-order valence-corrected chi connectivity index (χ3v) is 4.55. The van der Waals surface area contributed by atoms with Crippen molar-refractivity contribution in [2.24, 2.45) is 0 Å². The SMILES string of the molecule is COc1ccc([C@@H]2C3=C(CCCC3=O)Nc3ncnn32)c(OC)c1. The van der Waals surface area contributed by atoms with Crippen molar-refractivity contribution in [3.8, 4) is 11.5 Å². The van der Waals surface area contributed by atoms with Crippen molar-refractivity contribution in [1.82, 2.24) is 14.8 Å². The quantitative estimate of drug-likeness (QED) is 0.932. The van der Waals surface area contributed by atoms with Crippen molar-refractivity contribution < 1.29 is 14.3 Å². The number of ether oxygens (including phenoxy) is 2. The number of benzene rings is 1. The van der Waals surface area contributed by atoms with Crippen LogP contribution in [0.3, 0.4) is 0 Å². The van der Waals surface area contributed by atoms with E-state index in [0.29, 0.717) is 23.9 Å². The van der Waals surface area contributed by atoms with Gasteiger partial charge in [0.25, 0.3) is 0 Å². The molecule has 0 radical (unpaired) electrons. The maximum absolute atomic E-state index is 12.6. The van der Waals surface area contributed by atoms with Crippen molar-refractivity contribution in [1.29, 1.82) is 0 Å². The van der Waals surface area contributed by atoms with Crippen LogP contribution in [-0.2, 0) is 4.79 Å². The molecule has 0 bridgehead atoms. The Labute approximate surface area is 139 Å². The van der Waals surface area contributed by atoms with E-state index in [1.165, 1.54) is 6.33 Å². The van der Waals surface area contributed by atoms with Gasteiger partial charge in [0.1, 0.15) is 23.9 Å². The number of aromatic nitrogens is 3. The number of hydrogen-bond donors (Lipinski definition) is 1. The zero-order chi connectivity index (χ0) is 16.7. The molecule has 4 rings (SSSR count). The third kappa shape index (κ3) is 2.16. The lowest BCUT2D eigenvalue weighted by Crippen LogP contribution is -2.31. The highest BCUT2D eigenvalue weighted by Crippen LogP contribution is 2.43. The highest BCUT2D eigenvalue weighted by atomic mass is 16.5. The van der Waals surface area contributed by atoms with Crippen LogP contribution in [0.4, 0.5) is 5.95 Å². The lowest BCUT2D eigenvalue weighted by Gasteiger charge is -2.32. The molecule has 1 atom stereocenters. The smallest absolute Gasteiger partial charge is 0.226 e. The summed E-state index contributed by atoms with van der Waals surface area (Å²) < 4.78 is 12.6. The fourth-order valence-corrected chi connectivity index (χ4v) is 3.43. The molecule has 0 saturated carbocycles. The molecule has 1 aliphatic carbocycles. The number of nitrogens with zero attached hydrogens (tertiary/aromatic N) is 3. The first kappa shape index (κ1) is 14.7. The summed E-state index contributed by atoms with van der Waals surface area (Å²) in [7, 11) is 3.22. The molecular formula is C17H18N4O3. The fourth-order valence-electron chi connectivity index (χ4n) is 3.43. The number of ketones is 1. The normalized spacial score (nSPS) is 19.4. The first-order valence-electron chi connectivity index (χ1n) is 7.87. The summed E-state index contributed by atoms with van der Waals surface area (Å²) in [6.07, 6.45) is 3.74. The van der Waals surface area contributed by atoms with E-state index in [9.17, 15) is 4.79 Å². The van der Waals surface area contributed by atoms with Crippen LogP contribution in [0.15, 0.2) is 35.8 Å².